The van der Waals surface area contributed by atoms with Gasteiger partial charge in [0, 0.05) is 29.6 Å². The molecule has 0 saturated carbocycles. The molecule has 0 amide bonds. The molecular weight excluding hydrogens is 435 g/mol. The number of benzene rings is 2. The minimum Gasteiger partial charge on any atom is -0.253 e. The second kappa shape index (κ2) is 9.25. The lowest BCUT2D eigenvalue weighted by Crippen LogP contribution is -2.39. The van der Waals surface area contributed by atoms with Crippen molar-refractivity contribution in [2.45, 2.75) is 24.7 Å². The van der Waals surface area contributed by atoms with Crippen LogP contribution in [0.1, 0.15) is 25.3 Å². The SMILES string of the molecule is CC1CCCN(S(=O)(=O)c2cccc(-c3csc(N/N=C/c4ccccc4F)n3)c2)C1. The van der Waals surface area contributed by atoms with Crippen LogP contribution in [0.3, 0.4) is 0 Å². The maximum absolute atomic E-state index is 13.6. The largest absolute Gasteiger partial charge is 0.253 e. The number of halogens is 1. The fraction of sp³-hybridized carbons (Fsp3) is 0.273. The molecule has 31 heavy (non-hydrogen) atoms. The molecule has 1 aliphatic rings. The Hall–Kier alpha value is -2.62. The molecule has 1 aliphatic heterocycles. The second-order valence-electron chi connectivity index (χ2n) is 7.57. The number of aromatic nitrogens is 1. The molecule has 2 heterocycles. The lowest BCUT2D eigenvalue weighted by molar-refractivity contribution is 0.281. The minimum atomic E-state index is -3.53. The summed E-state index contributed by atoms with van der Waals surface area (Å²) >= 11 is 1.34. The van der Waals surface area contributed by atoms with Crippen molar-refractivity contribution < 1.29 is 12.8 Å². The van der Waals surface area contributed by atoms with Crippen LogP contribution >= 0.6 is 11.3 Å². The third-order valence-corrected chi connectivity index (χ3v) is 7.77. The third kappa shape index (κ3) is 5.00. The van der Waals surface area contributed by atoms with E-state index < -0.39 is 10.0 Å². The number of anilines is 1. The highest BCUT2D eigenvalue weighted by atomic mass is 32.2. The second-order valence-corrected chi connectivity index (χ2v) is 10.4. The van der Waals surface area contributed by atoms with Crippen molar-refractivity contribution in [2.24, 2.45) is 11.0 Å². The number of hydrazone groups is 1. The molecule has 1 atom stereocenters. The van der Waals surface area contributed by atoms with Gasteiger partial charge in [-0.25, -0.2) is 17.8 Å². The summed E-state index contributed by atoms with van der Waals surface area (Å²) in [6, 6.07) is 13.2. The fourth-order valence-electron chi connectivity index (χ4n) is 3.52. The summed E-state index contributed by atoms with van der Waals surface area (Å²) in [5.41, 5.74) is 4.53. The van der Waals surface area contributed by atoms with Crippen LogP contribution in [0.2, 0.25) is 0 Å². The Morgan fingerprint density at radius 3 is 2.90 bits per heavy atom. The lowest BCUT2D eigenvalue weighted by atomic mass is 10.0. The van der Waals surface area contributed by atoms with Gasteiger partial charge in [-0.1, -0.05) is 37.3 Å². The summed E-state index contributed by atoms with van der Waals surface area (Å²) in [5, 5.41) is 6.39. The molecule has 1 fully saturated rings. The maximum atomic E-state index is 13.6. The van der Waals surface area contributed by atoms with Crippen LogP contribution in [0.5, 0.6) is 0 Å². The first-order valence-electron chi connectivity index (χ1n) is 10.0. The zero-order chi connectivity index (χ0) is 21.8. The van der Waals surface area contributed by atoms with Crippen molar-refractivity contribution in [2.75, 3.05) is 18.5 Å². The highest BCUT2D eigenvalue weighted by molar-refractivity contribution is 7.89. The topological polar surface area (TPSA) is 74.7 Å². The van der Waals surface area contributed by atoms with E-state index in [-0.39, 0.29) is 10.7 Å². The minimum absolute atomic E-state index is 0.277. The van der Waals surface area contributed by atoms with Crippen molar-refractivity contribution in [1.29, 1.82) is 0 Å². The Balaban J connectivity index is 1.50. The van der Waals surface area contributed by atoms with Gasteiger partial charge < -0.3 is 0 Å². The zero-order valence-electron chi connectivity index (χ0n) is 17.0. The molecule has 1 N–H and O–H groups in total. The Kier molecular flexibility index (Phi) is 6.45. The average Bonchev–Trinajstić information content (AvgIpc) is 3.24. The lowest BCUT2D eigenvalue weighted by Gasteiger charge is -2.30. The van der Waals surface area contributed by atoms with Crippen LogP contribution in [-0.2, 0) is 10.0 Å². The van der Waals surface area contributed by atoms with Gasteiger partial charge in [0.15, 0.2) is 0 Å². The van der Waals surface area contributed by atoms with Crippen molar-refractivity contribution >= 4 is 32.7 Å². The molecule has 2 aromatic carbocycles. The number of nitrogens with zero attached hydrogens (tertiary/aromatic N) is 3. The molecule has 0 spiro atoms. The molecule has 0 aliphatic carbocycles. The smallest absolute Gasteiger partial charge is 0.243 e. The van der Waals surface area contributed by atoms with Crippen LogP contribution in [0.15, 0.2) is 63.9 Å². The Bertz CT molecular complexity index is 1190. The quantitative estimate of drug-likeness (QED) is 0.425. The van der Waals surface area contributed by atoms with Gasteiger partial charge in [0.05, 0.1) is 16.8 Å². The predicted molar refractivity (Wildman–Crippen MR) is 122 cm³/mol. The highest BCUT2D eigenvalue weighted by Gasteiger charge is 2.28. The molecule has 162 valence electrons. The van der Waals surface area contributed by atoms with E-state index in [1.165, 1.54) is 23.6 Å². The van der Waals surface area contributed by atoms with Gasteiger partial charge in [0.2, 0.25) is 15.2 Å². The van der Waals surface area contributed by atoms with E-state index in [0.29, 0.717) is 41.0 Å². The molecule has 9 heteroatoms. The number of rotatable bonds is 6. The molecule has 1 saturated heterocycles. The molecule has 1 aromatic heterocycles. The number of sulfonamides is 1. The highest BCUT2D eigenvalue weighted by Crippen LogP contribution is 2.29. The monoisotopic (exact) mass is 458 g/mol. The van der Waals surface area contributed by atoms with Crippen LogP contribution in [0.4, 0.5) is 9.52 Å². The van der Waals surface area contributed by atoms with E-state index in [4.69, 9.17) is 0 Å². The number of piperidine rings is 1. The van der Waals surface area contributed by atoms with E-state index in [0.717, 1.165) is 12.8 Å². The van der Waals surface area contributed by atoms with E-state index in [2.05, 4.69) is 22.4 Å². The first-order valence-corrected chi connectivity index (χ1v) is 12.3. The van der Waals surface area contributed by atoms with Gasteiger partial charge in [-0.05, 0) is 37.0 Å². The van der Waals surface area contributed by atoms with Crippen molar-refractivity contribution in [3.8, 4) is 11.3 Å². The molecule has 6 nitrogen and oxygen atoms in total. The summed E-state index contributed by atoms with van der Waals surface area (Å²) in [6.45, 7) is 3.19. The van der Waals surface area contributed by atoms with Gasteiger partial charge in [0.25, 0.3) is 0 Å². The van der Waals surface area contributed by atoms with E-state index in [1.807, 2.05) is 11.4 Å². The summed E-state index contributed by atoms with van der Waals surface area (Å²) in [4.78, 5) is 4.75. The molecular formula is C22H23FN4O2S2. The van der Waals surface area contributed by atoms with Gasteiger partial charge in [-0.2, -0.15) is 9.41 Å². The average molecular weight is 459 g/mol. The van der Waals surface area contributed by atoms with Gasteiger partial charge in [0.1, 0.15) is 5.82 Å². The van der Waals surface area contributed by atoms with Crippen molar-refractivity contribution in [3.05, 3.63) is 65.3 Å². The zero-order valence-corrected chi connectivity index (χ0v) is 18.7. The standard InChI is InChI=1S/C22H23FN4O2S2/c1-16-6-5-11-27(14-16)31(28,29)19-9-4-8-17(12-19)21-15-30-22(25-21)26-24-13-18-7-2-3-10-20(18)23/h2-4,7-10,12-13,15-16H,5-6,11,14H2,1H3,(H,25,26)/b24-13+. The number of hydrogen-bond acceptors (Lipinski definition) is 6. The Morgan fingerprint density at radius 2 is 2.10 bits per heavy atom. The van der Waals surface area contributed by atoms with Crippen molar-refractivity contribution in [1.82, 2.24) is 9.29 Å². The van der Waals surface area contributed by atoms with Crippen LogP contribution in [-0.4, -0.2) is 37.0 Å². The summed E-state index contributed by atoms with van der Waals surface area (Å²) in [7, 11) is -3.53. The van der Waals surface area contributed by atoms with Crippen LogP contribution in [0, 0.1) is 11.7 Å². The molecule has 1 unspecified atom stereocenters. The molecule has 3 aromatic rings. The van der Waals surface area contributed by atoms with Crippen molar-refractivity contribution in [3.63, 3.8) is 0 Å². The number of thiazole rings is 1. The van der Waals surface area contributed by atoms with E-state index in [9.17, 15) is 12.8 Å². The molecule has 0 bridgehead atoms. The first kappa shape index (κ1) is 21.6. The molecule has 0 radical (unpaired) electrons. The van der Waals surface area contributed by atoms with Gasteiger partial charge in [-0.15, -0.1) is 11.3 Å². The van der Waals surface area contributed by atoms with Gasteiger partial charge >= 0.3 is 0 Å². The number of hydrogen-bond donors (Lipinski definition) is 1. The third-order valence-electron chi connectivity index (χ3n) is 5.16. The fourth-order valence-corrected chi connectivity index (χ4v) is 5.84. The summed E-state index contributed by atoms with van der Waals surface area (Å²) in [5.74, 6) is 0.0118. The summed E-state index contributed by atoms with van der Waals surface area (Å²) in [6.07, 6.45) is 3.33. The Labute approximate surface area is 185 Å². The molecule has 4 rings (SSSR count). The predicted octanol–water partition coefficient (Wildman–Crippen LogP) is 4.82. The van der Waals surface area contributed by atoms with Crippen LogP contribution in [0.25, 0.3) is 11.3 Å². The first-order chi connectivity index (χ1) is 14.9. The maximum Gasteiger partial charge on any atom is 0.243 e. The van der Waals surface area contributed by atoms with Gasteiger partial charge in [-0.3, -0.25) is 5.43 Å². The summed E-state index contributed by atoms with van der Waals surface area (Å²) < 4.78 is 41.4. The Morgan fingerprint density at radius 1 is 1.26 bits per heavy atom. The van der Waals surface area contributed by atoms with E-state index >= 15 is 0 Å². The van der Waals surface area contributed by atoms with E-state index in [1.54, 1.807) is 40.7 Å². The number of nitrogens with one attached hydrogen (secondary N) is 1. The normalized spacial score (nSPS) is 17.8. The van der Waals surface area contributed by atoms with Crippen LogP contribution < -0.4 is 5.43 Å².